The summed E-state index contributed by atoms with van der Waals surface area (Å²) in [6.07, 6.45) is 0.863. The average molecular weight is 513 g/mol. The Bertz CT molecular complexity index is 1370. The Labute approximate surface area is 225 Å². The van der Waals surface area contributed by atoms with Gasteiger partial charge in [-0.25, -0.2) is 0 Å². The van der Waals surface area contributed by atoms with Crippen LogP contribution in [0.2, 0.25) is 0 Å². The van der Waals surface area contributed by atoms with Crippen molar-refractivity contribution in [2.75, 3.05) is 30.0 Å². The standard InChI is InChI=1S/C32H36N2O4/c1-7-22-10-14-25(15-11-22)34-28(23-12-16-24(17-13-23)33(8-2)9-3)27(30(36)32(34)37)29(35)26-19-20(4)18-21(5)31(26)38-6/h10-19,28,35H,7-9H2,1-6H3/b29-27+. The Balaban J connectivity index is 1.95. The first-order valence-corrected chi connectivity index (χ1v) is 13.2. The number of Topliss-reactive ketones (excluding diaryl/α,β-unsaturated/α-hetero) is 1. The van der Waals surface area contributed by atoms with Crippen molar-refractivity contribution >= 4 is 28.8 Å². The fourth-order valence-electron chi connectivity index (χ4n) is 5.31. The third kappa shape index (κ3) is 4.78. The van der Waals surface area contributed by atoms with Crippen molar-refractivity contribution < 1.29 is 19.4 Å². The zero-order valence-electron chi connectivity index (χ0n) is 23.0. The van der Waals surface area contributed by atoms with Crippen LogP contribution in [0, 0.1) is 13.8 Å². The summed E-state index contributed by atoms with van der Waals surface area (Å²) in [5, 5.41) is 11.7. The van der Waals surface area contributed by atoms with Gasteiger partial charge in [-0.2, -0.15) is 0 Å². The van der Waals surface area contributed by atoms with Gasteiger partial charge >= 0.3 is 0 Å². The lowest BCUT2D eigenvalue weighted by Crippen LogP contribution is -2.29. The summed E-state index contributed by atoms with van der Waals surface area (Å²) in [5.41, 5.74) is 5.72. The van der Waals surface area contributed by atoms with E-state index >= 15 is 0 Å². The zero-order chi connectivity index (χ0) is 27.6. The molecule has 198 valence electrons. The molecule has 0 aliphatic carbocycles. The highest BCUT2D eigenvalue weighted by molar-refractivity contribution is 6.51. The molecule has 3 aromatic carbocycles. The summed E-state index contributed by atoms with van der Waals surface area (Å²) < 4.78 is 5.61. The zero-order valence-corrected chi connectivity index (χ0v) is 23.0. The smallest absolute Gasteiger partial charge is 0.300 e. The Hall–Kier alpha value is -4.06. The number of benzene rings is 3. The van der Waals surface area contributed by atoms with E-state index in [0.717, 1.165) is 47.5 Å². The monoisotopic (exact) mass is 512 g/mol. The molecule has 4 rings (SSSR count). The molecule has 0 bridgehead atoms. The van der Waals surface area contributed by atoms with E-state index in [9.17, 15) is 14.7 Å². The van der Waals surface area contributed by atoms with E-state index in [1.807, 2.05) is 68.4 Å². The van der Waals surface area contributed by atoms with E-state index in [-0.39, 0.29) is 11.3 Å². The number of nitrogens with zero attached hydrogens (tertiary/aromatic N) is 2. The van der Waals surface area contributed by atoms with Crippen molar-refractivity contribution in [1.82, 2.24) is 0 Å². The largest absolute Gasteiger partial charge is 0.507 e. The SMILES string of the molecule is CCc1ccc(N2C(=O)C(=O)/C(=C(/O)c3cc(C)cc(C)c3OC)C2c2ccc(N(CC)CC)cc2)cc1. The van der Waals surface area contributed by atoms with Gasteiger partial charge in [0.1, 0.15) is 11.5 Å². The minimum atomic E-state index is -0.793. The first-order chi connectivity index (χ1) is 18.2. The van der Waals surface area contributed by atoms with Crippen LogP contribution in [0.25, 0.3) is 5.76 Å². The second kappa shape index (κ2) is 11.1. The second-order valence-corrected chi connectivity index (χ2v) is 9.62. The van der Waals surface area contributed by atoms with Crippen LogP contribution in [-0.2, 0) is 16.0 Å². The number of methoxy groups -OCH3 is 1. The predicted molar refractivity (Wildman–Crippen MR) is 153 cm³/mol. The first-order valence-electron chi connectivity index (χ1n) is 13.2. The maximum absolute atomic E-state index is 13.6. The van der Waals surface area contributed by atoms with Gasteiger partial charge in [-0.15, -0.1) is 0 Å². The number of aryl methyl sites for hydroxylation is 3. The van der Waals surface area contributed by atoms with Crippen LogP contribution in [0.15, 0.2) is 66.2 Å². The van der Waals surface area contributed by atoms with Crippen LogP contribution in [-0.4, -0.2) is 37.0 Å². The van der Waals surface area contributed by atoms with E-state index in [1.165, 1.54) is 12.0 Å². The lowest BCUT2D eigenvalue weighted by Gasteiger charge is -2.27. The normalized spacial score (nSPS) is 16.7. The topological polar surface area (TPSA) is 70.1 Å². The molecule has 0 saturated carbocycles. The number of rotatable bonds is 8. The summed E-state index contributed by atoms with van der Waals surface area (Å²) in [7, 11) is 1.53. The lowest BCUT2D eigenvalue weighted by molar-refractivity contribution is -0.132. The molecular weight excluding hydrogens is 476 g/mol. The summed E-state index contributed by atoms with van der Waals surface area (Å²) in [6.45, 7) is 11.8. The summed E-state index contributed by atoms with van der Waals surface area (Å²) in [5.74, 6) is -1.15. The molecule has 1 heterocycles. The number of ether oxygens (including phenoxy) is 1. The number of carbonyl (C=O) groups excluding carboxylic acids is 2. The molecule has 0 aromatic heterocycles. The van der Waals surface area contributed by atoms with Crippen LogP contribution < -0.4 is 14.5 Å². The van der Waals surface area contributed by atoms with E-state index < -0.39 is 17.7 Å². The quantitative estimate of drug-likeness (QED) is 0.216. The lowest BCUT2D eigenvalue weighted by atomic mass is 9.93. The van der Waals surface area contributed by atoms with Gasteiger partial charge in [-0.05, 0) is 86.7 Å². The second-order valence-electron chi connectivity index (χ2n) is 9.62. The predicted octanol–water partition coefficient (Wildman–Crippen LogP) is 6.35. The van der Waals surface area contributed by atoms with E-state index in [1.54, 1.807) is 6.07 Å². The van der Waals surface area contributed by atoms with Gasteiger partial charge in [0, 0.05) is 24.5 Å². The van der Waals surface area contributed by atoms with Crippen molar-refractivity contribution in [3.63, 3.8) is 0 Å². The molecule has 1 saturated heterocycles. The average Bonchev–Trinajstić information content (AvgIpc) is 3.19. The highest BCUT2D eigenvalue weighted by Crippen LogP contribution is 2.44. The minimum Gasteiger partial charge on any atom is -0.507 e. The third-order valence-corrected chi connectivity index (χ3v) is 7.28. The van der Waals surface area contributed by atoms with Crippen LogP contribution in [0.3, 0.4) is 0 Å². The summed E-state index contributed by atoms with van der Waals surface area (Å²) in [4.78, 5) is 30.8. The van der Waals surface area contributed by atoms with Gasteiger partial charge in [-0.3, -0.25) is 14.5 Å². The van der Waals surface area contributed by atoms with Gasteiger partial charge in [-0.1, -0.05) is 37.3 Å². The summed E-state index contributed by atoms with van der Waals surface area (Å²) in [6, 6.07) is 18.5. The van der Waals surface area contributed by atoms with Crippen molar-refractivity contribution in [3.8, 4) is 5.75 Å². The fraction of sp³-hybridized carbons (Fsp3) is 0.312. The molecule has 3 aromatic rings. The van der Waals surface area contributed by atoms with Crippen LogP contribution in [0.5, 0.6) is 5.75 Å². The van der Waals surface area contributed by atoms with Crippen molar-refractivity contribution in [1.29, 1.82) is 0 Å². The molecule has 38 heavy (non-hydrogen) atoms. The van der Waals surface area contributed by atoms with Crippen LogP contribution >= 0.6 is 0 Å². The van der Waals surface area contributed by atoms with Crippen molar-refractivity contribution in [3.05, 3.63) is 94.1 Å². The number of hydrogen-bond acceptors (Lipinski definition) is 5. The molecule has 1 N–H and O–H groups in total. The number of aliphatic hydroxyl groups excluding tert-OH is 1. The maximum atomic E-state index is 13.6. The van der Waals surface area contributed by atoms with E-state index in [4.69, 9.17) is 4.74 Å². The molecule has 1 aliphatic rings. The molecule has 1 amide bonds. The number of carbonyl (C=O) groups is 2. The number of anilines is 2. The molecule has 1 aliphatic heterocycles. The van der Waals surface area contributed by atoms with E-state index in [0.29, 0.717) is 17.0 Å². The van der Waals surface area contributed by atoms with Gasteiger partial charge in [0.2, 0.25) is 0 Å². The van der Waals surface area contributed by atoms with Crippen molar-refractivity contribution in [2.24, 2.45) is 0 Å². The highest BCUT2D eigenvalue weighted by Gasteiger charge is 2.47. The fourth-order valence-corrected chi connectivity index (χ4v) is 5.31. The van der Waals surface area contributed by atoms with Crippen LogP contribution in [0.4, 0.5) is 11.4 Å². The molecule has 0 spiro atoms. The molecule has 6 nitrogen and oxygen atoms in total. The minimum absolute atomic E-state index is 0.0495. The first kappa shape index (κ1) is 27.0. The maximum Gasteiger partial charge on any atom is 0.300 e. The molecular formula is C32H36N2O4. The number of ketones is 1. The van der Waals surface area contributed by atoms with E-state index in [2.05, 4.69) is 25.7 Å². The Morgan fingerprint density at radius 1 is 0.947 bits per heavy atom. The number of aliphatic hydroxyl groups is 1. The van der Waals surface area contributed by atoms with Crippen LogP contribution in [0.1, 0.15) is 54.6 Å². The number of amides is 1. The number of hydrogen-bond donors (Lipinski definition) is 1. The molecule has 0 radical (unpaired) electrons. The highest BCUT2D eigenvalue weighted by atomic mass is 16.5. The Kier molecular flexibility index (Phi) is 7.91. The molecule has 1 fully saturated rings. The molecule has 1 unspecified atom stereocenters. The third-order valence-electron chi connectivity index (χ3n) is 7.28. The summed E-state index contributed by atoms with van der Waals surface area (Å²) >= 11 is 0. The molecule has 1 atom stereocenters. The van der Waals surface area contributed by atoms with Crippen molar-refractivity contribution in [2.45, 2.75) is 47.1 Å². The Morgan fingerprint density at radius 2 is 1.58 bits per heavy atom. The molecule has 6 heteroatoms. The Morgan fingerprint density at radius 3 is 2.13 bits per heavy atom. The van der Waals surface area contributed by atoms with Gasteiger partial charge in [0.05, 0.1) is 24.3 Å². The van der Waals surface area contributed by atoms with Gasteiger partial charge in [0.25, 0.3) is 11.7 Å². The van der Waals surface area contributed by atoms with Gasteiger partial charge < -0.3 is 14.7 Å². The van der Waals surface area contributed by atoms with Gasteiger partial charge in [0.15, 0.2) is 0 Å².